The van der Waals surface area contributed by atoms with Crippen LogP contribution in [0.15, 0.2) is 28.7 Å². The molecule has 106 valence electrons. The quantitative estimate of drug-likeness (QED) is 0.894. The molecule has 0 aliphatic heterocycles. The topological polar surface area (TPSA) is 32.3 Å². The number of carbonyl (C=O) groups is 1. The molecule has 1 rings (SSSR count). The van der Waals surface area contributed by atoms with Gasteiger partial charge in [0.2, 0.25) is 5.91 Å². The fourth-order valence-electron chi connectivity index (χ4n) is 1.40. The van der Waals surface area contributed by atoms with Crippen LogP contribution in [0, 0.1) is 0 Å². The smallest absolute Gasteiger partial charge is 0.340 e. The predicted octanol–water partition coefficient (Wildman–Crippen LogP) is 2.56. The molecule has 0 heterocycles. The molecule has 3 nitrogen and oxygen atoms in total. The van der Waals surface area contributed by atoms with Crippen LogP contribution in [-0.4, -0.2) is 37.1 Å². The standard InChI is InChI=1S/C12H14BrF3N2O/c1-18(7-9-2-4-10(13)5-3-9)11(19)6-17-8-12(14,15)16/h2-5,17H,6-8H2,1H3. The lowest BCUT2D eigenvalue weighted by molar-refractivity contribution is -0.133. The minimum absolute atomic E-state index is 0.327. The Bertz CT molecular complexity index is 420. The van der Waals surface area contributed by atoms with Crippen LogP contribution in [-0.2, 0) is 11.3 Å². The van der Waals surface area contributed by atoms with Gasteiger partial charge < -0.3 is 10.2 Å². The lowest BCUT2D eigenvalue weighted by atomic mass is 10.2. The van der Waals surface area contributed by atoms with E-state index in [1.165, 1.54) is 4.90 Å². The van der Waals surface area contributed by atoms with Gasteiger partial charge in [0.15, 0.2) is 0 Å². The highest BCUT2D eigenvalue weighted by Crippen LogP contribution is 2.13. The minimum Gasteiger partial charge on any atom is -0.340 e. The van der Waals surface area contributed by atoms with Crippen LogP contribution in [0.1, 0.15) is 5.56 Å². The number of hydrogen-bond donors (Lipinski definition) is 1. The summed E-state index contributed by atoms with van der Waals surface area (Å²) in [7, 11) is 1.56. The van der Waals surface area contributed by atoms with Crippen molar-refractivity contribution in [2.75, 3.05) is 20.1 Å². The van der Waals surface area contributed by atoms with E-state index in [9.17, 15) is 18.0 Å². The van der Waals surface area contributed by atoms with E-state index in [0.717, 1.165) is 10.0 Å². The monoisotopic (exact) mass is 338 g/mol. The van der Waals surface area contributed by atoms with Crippen LogP contribution in [0.2, 0.25) is 0 Å². The van der Waals surface area contributed by atoms with Crippen LogP contribution in [0.3, 0.4) is 0 Å². The summed E-state index contributed by atoms with van der Waals surface area (Å²) in [6, 6.07) is 7.37. The van der Waals surface area contributed by atoms with Crippen molar-refractivity contribution in [2.24, 2.45) is 0 Å². The third-order valence-corrected chi connectivity index (χ3v) is 2.89. The molecule has 0 atom stereocenters. The maximum Gasteiger partial charge on any atom is 0.401 e. The molecule has 0 radical (unpaired) electrons. The van der Waals surface area contributed by atoms with Crippen LogP contribution in [0.25, 0.3) is 0 Å². The normalized spacial score (nSPS) is 11.4. The first-order valence-corrected chi connectivity index (χ1v) is 6.33. The third kappa shape index (κ3) is 6.58. The molecule has 0 aliphatic carbocycles. The van der Waals surface area contributed by atoms with Crippen LogP contribution in [0.4, 0.5) is 13.2 Å². The van der Waals surface area contributed by atoms with Gasteiger partial charge >= 0.3 is 6.18 Å². The molecule has 0 spiro atoms. The summed E-state index contributed by atoms with van der Waals surface area (Å²) in [4.78, 5) is 13.0. The molecule has 0 fully saturated rings. The molecule has 19 heavy (non-hydrogen) atoms. The summed E-state index contributed by atoms with van der Waals surface area (Å²) in [6.45, 7) is -1.13. The van der Waals surface area contributed by atoms with Gasteiger partial charge in [0.05, 0.1) is 13.1 Å². The molecule has 7 heteroatoms. The fraction of sp³-hybridized carbons (Fsp3) is 0.417. The summed E-state index contributed by atoms with van der Waals surface area (Å²) in [5, 5.41) is 2.08. The molecule has 0 bridgehead atoms. The number of likely N-dealkylation sites (N-methyl/N-ethyl adjacent to an activating group) is 1. The van der Waals surface area contributed by atoms with E-state index in [1.54, 1.807) is 7.05 Å². The maximum atomic E-state index is 11.9. The second kappa shape index (κ2) is 6.91. The van der Waals surface area contributed by atoms with E-state index in [2.05, 4.69) is 21.2 Å². The Balaban J connectivity index is 2.38. The van der Waals surface area contributed by atoms with Crippen molar-refractivity contribution in [3.05, 3.63) is 34.3 Å². The zero-order chi connectivity index (χ0) is 14.5. The third-order valence-electron chi connectivity index (χ3n) is 2.36. The Morgan fingerprint density at radius 2 is 1.89 bits per heavy atom. The minimum atomic E-state index is -4.30. The van der Waals surface area contributed by atoms with Gasteiger partial charge in [-0.3, -0.25) is 4.79 Å². The van der Waals surface area contributed by atoms with E-state index in [0.29, 0.717) is 6.54 Å². The SMILES string of the molecule is CN(Cc1ccc(Br)cc1)C(=O)CNCC(F)(F)F. The van der Waals surface area contributed by atoms with Crippen molar-refractivity contribution in [1.29, 1.82) is 0 Å². The van der Waals surface area contributed by atoms with E-state index in [4.69, 9.17) is 0 Å². The van der Waals surface area contributed by atoms with E-state index >= 15 is 0 Å². The molecule has 0 unspecified atom stereocenters. The number of benzene rings is 1. The maximum absolute atomic E-state index is 11.9. The fourth-order valence-corrected chi connectivity index (χ4v) is 1.66. The molecule has 1 N–H and O–H groups in total. The van der Waals surface area contributed by atoms with Gasteiger partial charge in [-0.25, -0.2) is 0 Å². The summed E-state index contributed by atoms with van der Waals surface area (Å²) in [6.07, 6.45) is -4.30. The van der Waals surface area contributed by atoms with Gasteiger partial charge in [0, 0.05) is 18.1 Å². The lowest BCUT2D eigenvalue weighted by Crippen LogP contribution is -2.38. The number of amides is 1. The van der Waals surface area contributed by atoms with Gasteiger partial charge in [-0.15, -0.1) is 0 Å². The number of carbonyl (C=O) groups excluding carboxylic acids is 1. The number of alkyl halides is 3. The first-order chi connectivity index (χ1) is 8.78. The number of rotatable bonds is 5. The van der Waals surface area contributed by atoms with Gasteiger partial charge in [0.1, 0.15) is 0 Å². The predicted molar refractivity (Wildman–Crippen MR) is 69.5 cm³/mol. The molecule has 0 aliphatic rings. The highest BCUT2D eigenvalue weighted by atomic mass is 79.9. The van der Waals surface area contributed by atoms with Crippen molar-refractivity contribution in [1.82, 2.24) is 10.2 Å². The molecular formula is C12H14BrF3N2O. The van der Waals surface area contributed by atoms with Crippen molar-refractivity contribution >= 4 is 21.8 Å². The largest absolute Gasteiger partial charge is 0.401 e. The molecule has 0 saturated heterocycles. The van der Waals surface area contributed by atoms with Crippen molar-refractivity contribution in [2.45, 2.75) is 12.7 Å². The molecule has 0 saturated carbocycles. The summed E-state index contributed by atoms with van der Waals surface area (Å²) < 4.78 is 36.6. The average Bonchev–Trinajstić information content (AvgIpc) is 2.30. The Morgan fingerprint density at radius 1 is 1.32 bits per heavy atom. The Morgan fingerprint density at radius 3 is 2.42 bits per heavy atom. The van der Waals surface area contributed by atoms with Crippen LogP contribution >= 0.6 is 15.9 Å². The zero-order valence-electron chi connectivity index (χ0n) is 10.3. The molecular weight excluding hydrogens is 325 g/mol. The molecule has 1 aromatic rings. The highest BCUT2D eigenvalue weighted by Gasteiger charge is 2.26. The average molecular weight is 339 g/mol. The van der Waals surface area contributed by atoms with Crippen molar-refractivity contribution < 1.29 is 18.0 Å². The Kier molecular flexibility index (Phi) is 5.81. The zero-order valence-corrected chi connectivity index (χ0v) is 11.9. The Labute approximate surface area is 117 Å². The van der Waals surface area contributed by atoms with Crippen molar-refractivity contribution in [3.63, 3.8) is 0 Å². The van der Waals surface area contributed by atoms with E-state index in [-0.39, 0.29) is 12.5 Å². The van der Waals surface area contributed by atoms with Crippen LogP contribution in [0.5, 0.6) is 0 Å². The first-order valence-electron chi connectivity index (χ1n) is 5.54. The Hall–Kier alpha value is -1.08. The summed E-state index contributed by atoms with van der Waals surface area (Å²) in [5.41, 5.74) is 0.912. The molecule has 1 aromatic carbocycles. The second-order valence-corrected chi connectivity index (χ2v) is 5.01. The van der Waals surface area contributed by atoms with Gasteiger partial charge in [-0.2, -0.15) is 13.2 Å². The second-order valence-electron chi connectivity index (χ2n) is 4.09. The number of nitrogens with zero attached hydrogens (tertiary/aromatic N) is 1. The van der Waals surface area contributed by atoms with Gasteiger partial charge in [-0.05, 0) is 17.7 Å². The van der Waals surface area contributed by atoms with Gasteiger partial charge in [0.25, 0.3) is 0 Å². The number of hydrogen-bond acceptors (Lipinski definition) is 2. The first kappa shape index (κ1) is 16.0. The van der Waals surface area contributed by atoms with Gasteiger partial charge in [-0.1, -0.05) is 28.1 Å². The highest BCUT2D eigenvalue weighted by molar-refractivity contribution is 9.10. The van der Waals surface area contributed by atoms with Crippen LogP contribution < -0.4 is 5.32 Å². The van der Waals surface area contributed by atoms with E-state index < -0.39 is 12.7 Å². The molecule has 0 aromatic heterocycles. The number of nitrogens with one attached hydrogen (secondary N) is 1. The summed E-state index contributed by atoms with van der Waals surface area (Å²) in [5.74, 6) is -0.382. The lowest BCUT2D eigenvalue weighted by Gasteiger charge is -2.18. The van der Waals surface area contributed by atoms with E-state index in [1.807, 2.05) is 24.3 Å². The summed E-state index contributed by atoms with van der Waals surface area (Å²) >= 11 is 3.30. The molecule has 1 amide bonds. The number of halogens is 4. The van der Waals surface area contributed by atoms with Crippen molar-refractivity contribution in [3.8, 4) is 0 Å².